The van der Waals surface area contributed by atoms with Crippen molar-refractivity contribution in [3.63, 3.8) is 0 Å². The van der Waals surface area contributed by atoms with Gasteiger partial charge in [-0.3, -0.25) is 0 Å². The molecule has 0 amide bonds. The van der Waals surface area contributed by atoms with E-state index in [2.05, 4.69) is 78.6 Å². The molecule has 2 heterocycles. The zero-order chi connectivity index (χ0) is 19.6. The number of aromatic nitrogens is 1. The lowest BCUT2D eigenvalue weighted by Crippen LogP contribution is -2.21. The van der Waals surface area contributed by atoms with Gasteiger partial charge in [0, 0.05) is 29.3 Å². The zero-order valence-corrected chi connectivity index (χ0v) is 16.5. The Kier molecular flexibility index (Phi) is 4.57. The van der Waals surface area contributed by atoms with Gasteiger partial charge in [0.1, 0.15) is 5.69 Å². The number of hydrogen-bond donors (Lipinski definition) is 0. The molecule has 0 N–H and O–H groups in total. The summed E-state index contributed by atoms with van der Waals surface area (Å²) in [7, 11) is 0. The van der Waals surface area contributed by atoms with Crippen molar-refractivity contribution in [3.8, 4) is 0 Å². The summed E-state index contributed by atoms with van der Waals surface area (Å²) in [5, 5.41) is 2.47. The van der Waals surface area contributed by atoms with Crippen LogP contribution in [0.4, 0.5) is 17.2 Å². The van der Waals surface area contributed by atoms with Gasteiger partial charge >= 0.3 is 0 Å². The fourth-order valence-corrected chi connectivity index (χ4v) is 4.06. The molecule has 3 nitrogen and oxygen atoms in total. The quantitative estimate of drug-likeness (QED) is 0.398. The van der Waals surface area contributed by atoms with Crippen LogP contribution < -0.4 is 4.90 Å². The SMILES string of the molecule is CCCCN1c2ncccc2N=C(c2ccccc2)c2ccc3ccccc3c21. The first-order valence-corrected chi connectivity index (χ1v) is 10.3. The second-order valence-electron chi connectivity index (χ2n) is 7.36. The maximum absolute atomic E-state index is 5.13. The molecule has 3 heteroatoms. The molecule has 1 aromatic heterocycles. The molecule has 3 aromatic carbocycles. The van der Waals surface area contributed by atoms with Gasteiger partial charge in [-0.25, -0.2) is 9.98 Å². The first-order chi connectivity index (χ1) is 14.4. The van der Waals surface area contributed by atoms with Gasteiger partial charge in [0.2, 0.25) is 0 Å². The number of benzene rings is 3. The number of anilines is 2. The van der Waals surface area contributed by atoms with Gasteiger partial charge < -0.3 is 4.90 Å². The summed E-state index contributed by atoms with van der Waals surface area (Å²) >= 11 is 0. The third kappa shape index (κ3) is 3.09. The van der Waals surface area contributed by atoms with E-state index in [1.807, 2.05) is 18.3 Å². The highest BCUT2D eigenvalue weighted by Crippen LogP contribution is 2.42. The van der Waals surface area contributed by atoms with E-state index in [4.69, 9.17) is 9.98 Å². The van der Waals surface area contributed by atoms with E-state index in [-0.39, 0.29) is 0 Å². The maximum Gasteiger partial charge on any atom is 0.159 e. The fraction of sp³-hybridized carbons (Fsp3) is 0.154. The van der Waals surface area contributed by atoms with Gasteiger partial charge in [0.15, 0.2) is 5.82 Å². The Morgan fingerprint density at radius 3 is 2.52 bits per heavy atom. The first-order valence-electron chi connectivity index (χ1n) is 10.3. The van der Waals surface area contributed by atoms with Crippen LogP contribution in [0.3, 0.4) is 0 Å². The topological polar surface area (TPSA) is 28.5 Å². The highest BCUT2D eigenvalue weighted by atomic mass is 15.2. The molecule has 0 saturated carbocycles. The van der Waals surface area contributed by atoms with E-state index in [1.165, 1.54) is 16.5 Å². The third-order valence-corrected chi connectivity index (χ3v) is 5.46. The Hall–Kier alpha value is -3.46. The summed E-state index contributed by atoms with van der Waals surface area (Å²) in [5.41, 5.74) is 5.40. The van der Waals surface area contributed by atoms with E-state index in [1.54, 1.807) is 0 Å². The smallest absolute Gasteiger partial charge is 0.159 e. The molecule has 0 unspecified atom stereocenters. The monoisotopic (exact) mass is 377 g/mol. The lowest BCUT2D eigenvalue weighted by Gasteiger charge is -2.27. The minimum atomic E-state index is 0.916. The highest BCUT2D eigenvalue weighted by molar-refractivity contribution is 6.22. The van der Waals surface area contributed by atoms with Crippen LogP contribution in [-0.4, -0.2) is 17.2 Å². The van der Waals surface area contributed by atoms with E-state index in [0.29, 0.717) is 0 Å². The summed E-state index contributed by atoms with van der Waals surface area (Å²) in [5.74, 6) is 0.935. The minimum Gasteiger partial charge on any atom is -0.323 e. The number of aliphatic imine (C=N–C) groups is 1. The van der Waals surface area contributed by atoms with Gasteiger partial charge in [-0.2, -0.15) is 0 Å². The largest absolute Gasteiger partial charge is 0.323 e. The van der Waals surface area contributed by atoms with Gasteiger partial charge in [-0.15, -0.1) is 0 Å². The maximum atomic E-state index is 5.13. The Balaban J connectivity index is 1.86. The van der Waals surface area contributed by atoms with Crippen LogP contribution in [0, 0.1) is 0 Å². The summed E-state index contributed by atoms with van der Waals surface area (Å²) in [6, 6.07) is 27.5. The van der Waals surface area contributed by atoms with Crippen molar-refractivity contribution < 1.29 is 0 Å². The molecule has 1 aliphatic heterocycles. The van der Waals surface area contributed by atoms with Crippen LogP contribution in [0.15, 0.2) is 90.1 Å². The molecule has 5 rings (SSSR count). The second kappa shape index (κ2) is 7.51. The van der Waals surface area contributed by atoms with Crippen LogP contribution >= 0.6 is 0 Å². The number of fused-ring (bicyclic) bond motifs is 4. The van der Waals surface area contributed by atoms with E-state index < -0.39 is 0 Å². The third-order valence-electron chi connectivity index (χ3n) is 5.46. The van der Waals surface area contributed by atoms with Crippen LogP contribution in [0.2, 0.25) is 0 Å². The average molecular weight is 377 g/mol. The number of nitrogens with zero attached hydrogens (tertiary/aromatic N) is 3. The van der Waals surface area contributed by atoms with Gasteiger partial charge in [0.05, 0.1) is 11.4 Å². The highest BCUT2D eigenvalue weighted by Gasteiger charge is 2.26. The lowest BCUT2D eigenvalue weighted by atomic mass is 9.96. The molecular formula is C26H23N3. The minimum absolute atomic E-state index is 0.916. The first kappa shape index (κ1) is 17.6. The summed E-state index contributed by atoms with van der Waals surface area (Å²) in [4.78, 5) is 12.3. The van der Waals surface area contributed by atoms with Crippen molar-refractivity contribution in [1.29, 1.82) is 0 Å². The number of hydrogen-bond acceptors (Lipinski definition) is 3. The van der Waals surface area contributed by atoms with Crippen molar-refractivity contribution in [1.82, 2.24) is 4.98 Å². The molecule has 0 bridgehead atoms. The Bertz CT molecular complexity index is 1190. The number of rotatable bonds is 4. The molecule has 0 aliphatic carbocycles. The van der Waals surface area contributed by atoms with Crippen molar-refractivity contribution >= 4 is 33.7 Å². The van der Waals surface area contributed by atoms with Crippen molar-refractivity contribution in [2.75, 3.05) is 11.4 Å². The van der Waals surface area contributed by atoms with E-state index in [9.17, 15) is 0 Å². The van der Waals surface area contributed by atoms with Crippen molar-refractivity contribution in [2.45, 2.75) is 19.8 Å². The Morgan fingerprint density at radius 2 is 1.66 bits per heavy atom. The van der Waals surface area contributed by atoms with Crippen LogP contribution in [0.25, 0.3) is 10.8 Å². The number of unbranched alkanes of at least 4 members (excludes halogenated alkanes) is 1. The molecule has 29 heavy (non-hydrogen) atoms. The van der Waals surface area contributed by atoms with Crippen LogP contribution in [-0.2, 0) is 0 Å². The van der Waals surface area contributed by atoms with Gasteiger partial charge in [-0.1, -0.05) is 80.1 Å². The lowest BCUT2D eigenvalue weighted by molar-refractivity contribution is 0.781. The predicted octanol–water partition coefficient (Wildman–Crippen LogP) is 6.66. The summed E-state index contributed by atoms with van der Waals surface area (Å²) in [6.45, 7) is 3.15. The Morgan fingerprint density at radius 1 is 0.828 bits per heavy atom. The molecule has 142 valence electrons. The van der Waals surface area contributed by atoms with E-state index in [0.717, 1.165) is 47.7 Å². The van der Waals surface area contributed by atoms with Crippen molar-refractivity contribution in [3.05, 3.63) is 96.2 Å². The zero-order valence-electron chi connectivity index (χ0n) is 16.5. The Labute approximate surface area is 171 Å². The van der Waals surface area contributed by atoms with E-state index >= 15 is 0 Å². The molecular weight excluding hydrogens is 354 g/mol. The molecule has 4 aromatic rings. The van der Waals surface area contributed by atoms with Gasteiger partial charge in [0.25, 0.3) is 0 Å². The molecule has 0 atom stereocenters. The molecule has 0 fully saturated rings. The second-order valence-corrected chi connectivity index (χ2v) is 7.36. The molecule has 0 spiro atoms. The van der Waals surface area contributed by atoms with Crippen molar-refractivity contribution in [2.24, 2.45) is 4.99 Å². The molecule has 0 radical (unpaired) electrons. The predicted molar refractivity (Wildman–Crippen MR) is 122 cm³/mol. The molecule has 1 aliphatic rings. The van der Waals surface area contributed by atoms with Crippen LogP contribution in [0.1, 0.15) is 30.9 Å². The molecule has 0 saturated heterocycles. The normalized spacial score (nSPS) is 12.9. The number of pyridine rings is 1. The fourth-order valence-electron chi connectivity index (χ4n) is 4.06. The van der Waals surface area contributed by atoms with Crippen LogP contribution in [0.5, 0.6) is 0 Å². The summed E-state index contributed by atoms with van der Waals surface area (Å²) in [6.07, 6.45) is 4.09. The standard InChI is InChI=1S/C26H23N3/c1-2-3-18-29-25-21-13-8-7-10-19(21)15-16-22(25)24(20-11-5-4-6-12-20)28-23-14-9-17-27-26(23)29/h4-17H,2-3,18H2,1H3. The average Bonchev–Trinajstić information content (AvgIpc) is 2.93. The van der Waals surface area contributed by atoms with Gasteiger partial charge in [-0.05, 0) is 23.9 Å². The summed E-state index contributed by atoms with van der Waals surface area (Å²) < 4.78 is 0.